The molecule has 2 atom stereocenters. The SMILES string of the molecule is COc1cc(CN=C2NC(C)C(C)CS2)ccn1. The van der Waals surface area contributed by atoms with Crippen LogP contribution >= 0.6 is 11.8 Å². The van der Waals surface area contributed by atoms with Crippen molar-refractivity contribution in [3.05, 3.63) is 23.9 Å². The highest BCUT2D eigenvalue weighted by atomic mass is 32.2. The Bertz CT molecular complexity index is 436. The van der Waals surface area contributed by atoms with Crippen LogP contribution in [0.1, 0.15) is 19.4 Å². The molecule has 2 heterocycles. The Kier molecular flexibility index (Phi) is 4.47. The molecule has 18 heavy (non-hydrogen) atoms. The molecule has 1 aromatic heterocycles. The van der Waals surface area contributed by atoms with Gasteiger partial charge >= 0.3 is 0 Å². The minimum Gasteiger partial charge on any atom is -0.481 e. The Morgan fingerprint density at radius 3 is 3.11 bits per heavy atom. The average molecular weight is 265 g/mol. The number of hydrogen-bond donors (Lipinski definition) is 1. The first-order chi connectivity index (χ1) is 8.69. The molecule has 0 aromatic carbocycles. The lowest BCUT2D eigenvalue weighted by Gasteiger charge is -2.28. The Morgan fingerprint density at radius 1 is 1.56 bits per heavy atom. The summed E-state index contributed by atoms with van der Waals surface area (Å²) in [5.74, 6) is 2.46. The highest BCUT2D eigenvalue weighted by molar-refractivity contribution is 8.13. The Labute approximate surface area is 112 Å². The van der Waals surface area contributed by atoms with E-state index in [1.54, 1.807) is 25.1 Å². The first kappa shape index (κ1) is 13.2. The minimum absolute atomic E-state index is 0.497. The van der Waals surface area contributed by atoms with E-state index in [-0.39, 0.29) is 0 Å². The van der Waals surface area contributed by atoms with Crippen molar-refractivity contribution in [3.8, 4) is 5.88 Å². The molecule has 98 valence electrons. The highest BCUT2D eigenvalue weighted by Crippen LogP contribution is 2.20. The number of aliphatic imine (C=N–C) groups is 1. The second-order valence-electron chi connectivity index (χ2n) is 4.55. The van der Waals surface area contributed by atoms with Crippen molar-refractivity contribution < 1.29 is 4.74 Å². The molecule has 0 saturated carbocycles. The van der Waals surface area contributed by atoms with Crippen LogP contribution in [0.4, 0.5) is 0 Å². The molecule has 1 N–H and O–H groups in total. The van der Waals surface area contributed by atoms with Crippen molar-refractivity contribution in [2.24, 2.45) is 10.9 Å². The minimum atomic E-state index is 0.497. The summed E-state index contributed by atoms with van der Waals surface area (Å²) in [6.07, 6.45) is 1.75. The fourth-order valence-corrected chi connectivity index (χ4v) is 2.78. The van der Waals surface area contributed by atoms with Gasteiger partial charge in [-0.2, -0.15) is 0 Å². The van der Waals surface area contributed by atoms with Crippen LogP contribution in [0, 0.1) is 5.92 Å². The summed E-state index contributed by atoms with van der Waals surface area (Å²) in [6.45, 7) is 5.12. The molecule has 0 radical (unpaired) electrons. The van der Waals surface area contributed by atoms with Crippen LogP contribution in [0.2, 0.25) is 0 Å². The maximum absolute atomic E-state index is 5.10. The van der Waals surface area contributed by atoms with Gasteiger partial charge in [0, 0.05) is 24.1 Å². The summed E-state index contributed by atoms with van der Waals surface area (Å²) in [6, 6.07) is 4.38. The van der Waals surface area contributed by atoms with E-state index in [0.717, 1.165) is 16.5 Å². The summed E-state index contributed by atoms with van der Waals surface area (Å²) >= 11 is 1.80. The van der Waals surface area contributed by atoms with Gasteiger partial charge in [-0.1, -0.05) is 18.7 Å². The molecule has 0 amide bonds. The largest absolute Gasteiger partial charge is 0.481 e. The van der Waals surface area contributed by atoms with Crippen molar-refractivity contribution in [1.29, 1.82) is 0 Å². The van der Waals surface area contributed by atoms with Gasteiger partial charge in [0.25, 0.3) is 0 Å². The summed E-state index contributed by atoms with van der Waals surface area (Å²) in [4.78, 5) is 8.68. The van der Waals surface area contributed by atoms with E-state index in [4.69, 9.17) is 4.74 Å². The van der Waals surface area contributed by atoms with Gasteiger partial charge in [0.2, 0.25) is 5.88 Å². The van der Waals surface area contributed by atoms with E-state index in [1.165, 1.54) is 0 Å². The first-order valence-corrected chi connectivity index (χ1v) is 7.10. The average Bonchev–Trinajstić information content (AvgIpc) is 2.40. The van der Waals surface area contributed by atoms with E-state index in [0.29, 0.717) is 24.4 Å². The third kappa shape index (κ3) is 3.38. The molecule has 1 saturated heterocycles. The first-order valence-electron chi connectivity index (χ1n) is 6.11. The Balaban J connectivity index is 1.97. The molecule has 1 fully saturated rings. The number of pyridine rings is 1. The smallest absolute Gasteiger partial charge is 0.213 e. The maximum atomic E-state index is 5.10. The molecule has 2 unspecified atom stereocenters. The molecule has 0 aliphatic carbocycles. The van der Waals surface area contributed by atoms with E-state index in [2.05, 4.69) is 29.1 Å². The van der Waals surface area contributed by atoms with Crippen LogP contribution in [0.3, 0.4) is 0 Å². The molecule has 4 nitrogen and oxygen atoms in total. The summed E-state index contributed by atoms with van der Waals surface area (Å²) in [5, 5.41) is 4.47. The lowest BCUT2D eigenvalue weighted by Crippen LogP contribution is -2.41. The summed E-state index contributed by atoms with van der Waals surface area (Å²) in [5.41, 5.74) is 1.11. The monoisotopic (exact) mass is 265 g/mol. The number of aromatic nitrogens is 1. The summed E-state index contributed by atoms with van der Waals surface area (Å²) < 4.78 is 5.10. The van der Waals surface area contributed by atoms with Crippen molar-refractivity contribution in [3.63, 3.8) is 0 Å². The van der Waals surface area contributed by atoms with Crippen molar-refractivity contribution in [1.82, 2.24) is 10.3 Å². The molecular formula is C13H19N3OS. The van der Waals surface area contributed by atoms with Crippen LogP contribution in [0.15, 0.2) is 23.3 Å². The zero-order valence-corrected chi connectivity index (χ0v) is 11.8. The number of hydrogen-bond acceptors (Lipinski definition) is 4. The molecule has 1 aliphatic heterocycles. The van der Waals surface area contributed by atoms with E-state index in [1.807, 2.05) is 12.1 Å². The molecule has 0 bridgehead atoms. The predicted octanol–water partition coefficient (Wildman–Crippen LogP) is 2.31. The van der Waals surface area contributed by atoms with Gasteiger partial charge in [-0.05, 0) is 24.5 Å². The lowest BCUT2D eigenvalue weighted by atomic mass is 10.1. The topological polar surface area (TPSA) is 46.5 Å². The number of ether oxygens (including phenoxy) is 1. The standard InChI is InChI=1S/C13H19N3OS/c1-9-8-18-13(16-10(9)2)15-7-11-4-5-14-12(6-11)17-3/h4-6,9-10H,7-8H2,1-3H3,(H,15,16). The molecule has 1 aromatic rings. The predicted molar refractivity (Wildman–Crippen MR) is 76.1 cm³/mol. The third-order valence-corrected chi connectivity index (χ3v) is 4.31. The van der Waals surface area contributed by atoms with Gasteiger partial charge in [0.15, 0.2) is 5.17 Å². The third-order valence-electron chi connectivity index (χ3n) is 3.10. The van der Waals surface area contributed by atoms with Crippen molar-refractivity contribution in [2.75, 3.05) is 12.9 Å². The molecule has 5 heteroatoms. The van der Waals surface area contributed by atoms with Crippen molar-refractivity contribution >= 4 is 16.9 Å². The van der Waals surface area contributed by atoms with E-state index >= 15 is 0 Å². The fraction of sp³-hybridized carbons (Fsp3) is 0.538. The number of rotatable bonds is 3. The number of thioether (sulfide) groups is 1. The number of nitrogens with zero attached hydrogens (tertiary/aromatic N) is 2. The quantitative estimate of drug-likeness (QED) is 0.911. The van der Waals surface area contributed by atoms with Crippen LogP contribution in [0.5, 0.6) is 5.88 Å². The summed E-state index contributed by atoms with van der Waals surface area (Å²) in [7, 11) is 1.62. The fourth-order valence-electron chi connectivity index (χ4n) is 1.65. The van der Waals surface area contributed by atoms with Crippen LogP contribution < -0.4 is 10.1 Å². The number of amidine groups is 1. The van der Waals surface area contributed by atoms with Crippen molar-refractivity contribution in [2.45, 2.75) is 26.4 Å². The van der Waals surface area contributed by atoms with Gasteiger partial charge in [-0.15, -0.1) is 0 Å². The van der Waals surface area contributed by atoms with Crippen LogP contribution in [0.25, 0.3) is 0 Å². The van der Waals surface area contributed by atoms with Crippen LogP contribution in [-0.2, 0) is 6.54 Å². The lowest BCUT2D eigenvalue weighted by molar-refractivity contribution is 0.397. The molecule has 1 aliphatic rings. The van der Waals surface area contributed by atoms with Crippen LogP contribution in [-0.4, -0.2) is 29.1 Å². The zero-order valence-electron chi connectivity index (χ0n) is 11.0. The van der Waals surface area contributed by atoms with E-state index in [9.17, 15) is 0 Å². The van der Waals surface area contributed by atoms with Gasteiger partial charge in [0.1, 0.15) is 0 Å². The molecular weight excluding hydrogens is 246 g/mol. The van der Waals surface area contributed by atoms with Gasteiger partial charge in [-0.25, -0.2) is 4.98 Å². The van der Waals surface area contributed by atoms with Gasteiger partial charge in [-0.3, -0.25) is 4.99 Å². The zero-order chi connectivity index (χ0) is 13.0. The number of nitrogens with one attached hydrogen (secondary N) is 1. The molecule has 2 rings (SSSR count). The second-order valence-corrected chi connectivity index (χ2v) is 5.56. The van der Waals surface area contributed by atoms with Gasteiger partial charge in [0.05, 0.1) is 13.7 Å². The Hall–Kier alpha value is -1.23. The normalized spacial score (nSPS) is 25.8. The maximum Gasteiger partial charge on any atom is 0.213 e. The highest BCUT2D eigenvalue weighted by Gasteiger charge is 2.20. The molecule has 0 spiro atoms. The Morgan fingerprint density at radius 2 is 2.39 bits per heavy atom. The number of methoxy groups -OCH3 is 1. The van der Waals surface area contributed by atoms with Gasteiger partial charge < -0.3 is 10.1 Å². The van der Waals surface area contributed by atoms with E-state index < -0.39 is 0 Å². The second kappa shape index (κ2) is 6.09.